The van der Waals surface area contributed by atoms with Crippen molar-refractivity contribution in [1.29, 1.82) is 0 Å². The van der Waals surface area contributed by atoms with E-state index in [1.54, 1.807) is 48.3 Å². The van der Waals surface area contributed by atoms with Crippen LogP contribution in [0.1, 0.15) is 17.8 Å². The standard InChI is InChI=1S/C23H26N4O3S2/c1-16-7-9-20(10-8-16)32(29,30)27-22(12-14-31-3)23(28)26-19-6-4-5-18(15-19)21-11-13-24-17(2)25-21/h4-11,13,15,22,27H,12,14H2,1-3H3,(H,26,28). The van der Waals surface area contributed by atoms with Crippen molar-refractivity contribution in [3.8, 4) is 11.3 Å². The van der Waals surface area contributed by atoms with Crippen molar-refractivity contribution >= 4 is 33.4 Å². The Labute approximate surface area is 193 Å². The fraction of sp³-hybridized carbons (Fsp3) is 0.261. The SMILES string of the molecule is CSCCC(NS(=O)(=O)c1ccc(C)cc1)C(=O)Nc1cccc(-c2ccnc(C)n2)c1. The summed E-state index contributed by atoms with van der Waals surface area (Å²) in [6.07, 6.45) is 3.96. The number of hydrogen-bond donors (Lipinski definition) is 2. The van der Waals surface area contributed by atoms with Crippen molar-refractivity contribution in [2.45, 2.75) is 31.2 Å². The van der Waals surface area contributed by atoms with E-state index in [0.717, 1.165) is 16.8 Å². The largest absolute Gasteiger partial charge is 0.325 e. The van der Waals surface area contributed by atoms with Crippen molar-refractivity contribution in [3.63, 3.8) is 0 Å². The van der Waals surface area contributed by atoms with Gasteiger partial charge in [0.25, 0.3) is 0 Å². The molecule has 2 N–H and O–H groups in total. The molecule has 1 aromatic heterocycles. The number of anilines is 1. The maximum atomic E-state index is 13.0. The molecule has 32 heavy (non-hydrogen) atoms. The maximum Gasteiger partial charge on any atom is 0.242 e. The van der Waals surface area contributed by atoms with Crippen LogP contribution in [0.25, 0.3) is 11.3 Å². The highest BCUT2D eigenvalue weighted by atomic mass is 32.2. The zero-order valence-electron chi connectivity index (χ0n) is 18.2. The van der Waals surface area contributed by atoms with Crippen LogP contribution in [0, 0.1) is 13.8 Å². The quantitative estimate of drug-likeness (QED) is 0.493. The van der Waals surface area contributed by atoms with Crippen molar-refractivity contribution < 1.29 is 13.2 Å². The molecule has 7 nitrogen and oxygen atoms in total. The molecule has 1 atom stereocenters. The lowest BCUT2D eigenvalue weighted by Gasteiger charge is -2.18. The molecule has 1 amide bonds. The molecule has 0 aliphatic rings. The van der Waals surface area contributed by atoms with E-state index in [9.17, 15) is 13.2 Å². The Morgan fingerprint density at radius 3 is 2.53 bits per heavy atom. The summed E-state index contributed by atoms with van der Waals surface area (Å²) in [5, 5.41) is 2.84. The van der Waals surface area contributed by atoms with Crippen molar-refractivity contribution in [2.75, 3.05) is 17.3 Å². The van der Waals surface area contributed by atoms with E-state index >= 15 is 0 Å². The average Bonchev–Trinajstić information content (AvgIpc) is 2.77. The van der Waals surface area contributed by atoms with Gasteiger partial charge in [0.05, 0.1) is 10.6 Å². The number of carbonyl (C=O) groups is 1. The summed E-state index contributed by atoms with van der Waals surface area (Å²) in [5.41, 5.74) is 3.09. The van der Waals surface area contributed by atoms with E-state index in [-0.39, 0.29) is 4.90 Å². The molecular weight excluding hydrogens is 444 g/mol. The molecule has 1 unspecified atom stereocenters. The molecule has 0 saturated carbocycles. The summed E-state index contributed by atoms with van der Waals surface area (Å²) in [4.78, 5) is 21.7. The van der Waals surface area contributed by atoms with Crippen LogP contribution in [0.15, 0.2) is 65.7 Å². The highest BCUT2D eigenvalue weighted by Gasteiger charge is 2.25. The number of nitrogens with zero attached hydrogens (tertiary/aromatic N) is 2. The van der Waals surface area contributed by atoms with E-state index in [4.69, 9.17) is 0 Å². The van der Waals surface area contributed by atoms with E-state index in [1.165, 1.54) is 12.1 Å². The smallest absolute Gasteiger partial charge is 0.242 e. The molecule has 0 fully saturated rings. The van der Waals surface area contributed by atoms with Crippen LogP contribution < -0.4 is 10.0 Å². The number of aryl methyl sites for hydroxylation is 2. The number of aromatic nitrogens is 2. The first-order valence-electron chi connectivity index (χ1n) is 10.1. The molecule has 0 saturated heterocycles. The first kappa shape index (κ1) is 23.9. The van der Waals surface area contributed by atoms with Gasteiger partial charge in [-0.15, -0.1) is 0 Å². The van der Waals surface area contributed by atoms with E-state index in [2.05, 4.69) is 20.0 Å². The normalized spacial score (nSPS) is 12.3. The van der Waals surface area contributed by atoms with Gasteiger partial charge in [0, 0.05) is 17.4 Å². The first-order valence-corrected chi connectivity index (χ1v) is 12.9. The maximum absolute atomic E-state index is 13.0. The monoisotopic (exact) mass is 470 g/mol. The number of amides is 1. The molecular formula is C23H26N4O3S2. The van der Waals surface area contributed by atoms with Crippen LogP contribution >= 0.6 is 11.8 Å². The lowest BCUT2D eigenvalue weighted by molar-refractivity contribution is -0.117. The highest BCUT2D eigenvalue weighted by molar-refractivity contribution is 7.98. The molecule has 0 aliphatic heterocycles. The second-order valence-electron chi connectivity index (χ2n) is 7.33. The van der Waals surface area contributed by atoms with Crippen molar-refractivity contribution in [2.24, 2.45) is 0 Å². The number of nitrogens with one attached hydrogen (secondary N) is 2. The summed E-state index contributed by atoms with van der Waals surface area (Å²) in [6.45, 7) is 3.70. The summed E-state index contributed by atoms with van der Waals surface area (Å²) in [7, 11) is -3.84. The first-order chi connectivity index (χ1) is 15.3. The molecule has 0 radical (unpaired) electrons. The minimum Gasteiger partial charge on any atom is -0.325 e. The Kier molecular flexibility index (Phi) is 8.00. The van der Waals surface area contributed by atoms with Gasteiger partial charge in [-0.1, -0.05) is 29.8 Å². The zero-order chi connectivity index (χ0) is 23.1. The minimum absolute atomic E-state index is 0.131. The Morgan fingerprint density at radius 2 is 1.84 bits per heavy atom. The van der Waals surface area contributed by atoms with Gasteiger partial charge in [0.2, 0.25) is 15.9 Å². The summed E-state index contributed by atoms with van der Waals surface area (Å²) in [6, 6.07) is 14.7. The van der Waals surface area contributed by atoms with Crippen molar-refractivity contribution in [1.82, 2.24) is 14.7 Å². The van der Waals surface area contributed by atoms with Crippen LogP contribution in [0.5, 0.6) is 0 Å². The minimum atomic E-state index is -3.84. The van der Waals surface area contributed by atoms with Gasteiger partial charge in [-0.05, 0) is 62.6 Å². The molecule has 0 aliphatic carbocycles. The molecule has 3 rings (SSSR count). The zero-order valence-corrected chi connectivity index (χ0v) is 19.8. The average molecular weight is 471 g/mol. The second-order valence-corrected chi connectivity index (χ2v) is 10.0. The molecule has 2 aromatic carbocycles. The highest BCUT2D eigenvalue weighted by Crippen LogP contribution is 2.21. The van der Waals surface area contributed by atoms with Gasteiger partial charge in [-0.25, -0.2) is 18.4 Å². The third kappa shape index (κ3) is 6.38. The van der Waals surface area contributed by atoms with Crippen LogP contribution in [0.3, 0.4) is 0 Å². The third-order valence-electron chi connectivity index (χ3n) is 4.76. The summed E-state index contributed by atoms with van der Waals surface area (Å²) >= 11 is 1.55. The molecule has 1 heterocycles. The van der Waals surface area contributed by atoms with Gasteiger partial charge in [0.1, 0.15) is 11.9 Å². The second kappa shape index (κ2) is 10.7. The number of rotatable bonds is 9. The Bertz CT molecular complexity index is 1180. The topological polar surface area (TPSA) is 101 Å². The Balaban J connectivity index is 1.79. The number of sulfonamides is 1. The number of hydrogen-bond acceptors (Lipinski definition) is 6. The molecule has 168 valence electrons. The van der Waals surface area contributed by atoms with Gasteiger partial charge in [-0.3, -0.25) is 4.79 Å². The molecule has 9 heteroatoms. The van der Waals surface area contributed by atoms with Crippen LogP contribution in [-0.4, -0.2) is 42.3 Å². The van der Waals surface area contributed by atoms with Crippen molar-refractivity contribution in [3.05, 3.63) is 72.2 Å². The van der Waals surface area contributed by atoms with E-state index in [0.29, 0.717) is 23.7 Å². The number of benzene rings is 2. The summed E-state index contributed by atoms with van der Waals surface area (Å²) in [5.74, 6) is 0.875. The van der Waals surface area contributed by atoms with Crippen LogP contribution in [0.2, 0.25) is 0 Å². The predicted octanol–water partition coefficient (Wildman–Crippen LogP) is 3.80. The van der Waals surface area contributed by atoms with Gasteiger partial charge in [0.15, 0.2) is 0 Å². The fourth-order valence-corrected chi connectivity index (χ4v) is 4.76. The fourth-order valence-electron chi connectivity index (χ4n) is 3.05. The number of carbonyl (C=O) groups excluding carboxylic acids is 1. The van der Waals surface area contributed by atoms with E-state index in [1.807, 2.05) is 32.2 Å². The molecule has 0 spiro atoms. The Morgan fingerprint density at radius 1 is 1.09 bits per heavy atom. The third-order valence-corrected chi connectivity index (χ3v) is 6.89. The number of thioether (sulfide) groups is 1. The van der Waals surface area contributed by atoms with Gasteiger partial charge >= 0.3 is 0 Å². The van der Waals surface area contributed by atoms with Gasteiger partial charge < -0.3 is 5.32 Å². The van der Waals surface area contributed by atoms with Gasteiger partial charge in [-0.2, -0.15) is 16.5 Å². The molecule has 3 aromatic rings. The van der Waals surface area contributed by atoms with Crippen LogP contribution in [-0.2, 0) is 14.8 Å². The van der Waals surface area contributed by atoms with Crippen LogP contribution in [0.4, 0.5) is 5.69 Å². The summed E-state index contributed by atoms with van der Waals surface area (Å²) < 4.78 is 28.2. The lowest BCUT2D eigenvalue weighted by Crippen LogP contribution is -2.44. The lowest BCUT2D eigenvalue weighted by atomic mass is 10.1. The van der Waals surface area contributed by atoms with E-state index < -0.39 is 22.0 Å². The predicted molar refractivity (Wildman–Crippen MR) is 129 cm³/mol. The molecule has 0 bridgehead atoms. The Hall–Kier alpha value is -2.75.